The van der Waals surface area contributed by atoms with Crippen LogP contribution >= 0.6 is 7.82 Å². The second kappa shape index (κ2) is 5.97. The summed E-state index contributed by atoms with van der Waals surface area (Å²) in [6.07, 6.45) is 0.0702. The van der Waals surface area contributed by atoms with Crippen LogP contribution in [0, 0.1) is 0 Å². The zero-order valence-electron chi connectivity index (χ0n) is 9.97. The van der Waals surface area contributed by atoms with Crippen LogP contribution < -0.4 is 4.89 Å². The third-order valence-corrected chi connectivity index (χ3v) is 3.61. The average molecular weight is 239 g/mol. The van der Waals surface area contributed by atoms with Crippen molar-refractivity contribution >= 4 is 7.82 Å². The van der Waals surface area contributed by atoms with E-state index in [-0.39, 0.29) is 0 Å². The van der Waals surface area contributed by atoms with Crippen LogP contribution in [0.2, 0.25) is 0 Å². The summed E-state index contributed by atoms with van der Waals surface area (Å²) in [5.41, 5.74) is 0. The van der Waals surface area contributed by atoms with Gasteiger partial charge in [0.05, 0.1) is 19.6 Å². The molecule has 0 aliphatic rings. The van der Waals surface area contributed by atoms with Crippen molar-refractivity contribution < 1.29 is 23.4 Å². The Bertz CT molecular complexity index is 216. The Morgan fingerprint density at radius 3 is 1.87 bits per heavy atom. The van der Waals surface area contributed by atoms with Crippen LogP contribution in [0.4, 0.5) is 0 Å². The fourth-order valence-corrected chi connectivity index (χ4v) is 2.65. The fourth-order valence-electron chi connectivity index (χ4n) is 2.00. The molecule has 0 saturated heterocycles. The first kappa shape index (κ1) is 15.1. The summed E-state index contributed by atoms with van der Waals surface area (Å²) in [5, 5.41) is 0. The van der Waals surface area contributed by atoms with Crippen LogP contribution in [0.25, 0.3) is 0 Å². The maximum atomic E-state index is 10.7. The summed E-state index contributed by atoms with van der Waals surface area (Å²) in [6.45, 7) is 10.2. The van der Waals surface area contributed by atoms with E-state index >= 15 is 0 Å². The molecule has 0 spiro atoms. The molecule has 0 radical (unpaired) electrons. The third kappa shape index (κ3) is 4.21. The molecule has 0 aromatic heterocycles. The average Bonchev–Trinajstić information content (AvgIpc) is 2.17. The van der Waals surface area contributed by atoms with Crippen LogP contribution in [0.3, 0.4) is 0 Å². The lowest BCUT2D eigenvalue weighted by atomic mass is 10.2. The maximum absolute atomic E-state index is 10.7. The van der Waals surface area contributed by atoms with Crippen LogP contribution in [-0.2, 0) is 9.09 Å². The van der Waals surface area contributed by atoms with E-state index in [9.17, 15) is 9.46 Å². The van der Waals surface area contributed by atoms with Gasteiger partial charge in [-0.05, 0) is 20.8 Å². The number of phosphoric ester groups is 1. The molecule has 2 unspecified atom stereocenters. The standard InChI is InChI=1S/C9H22NO4P/c1-5-9(14-15(11,12)13)10(6-2,7-3)8-4/h9H,5-8H2,1-4H3,(H-,11,12,13). The topological polar surface area (TPSA) is 69.6 Å². The van der Waals surface area contributed by atoms with Crippen LogP contribution in [0.1, 0.15) is 34.1 Å². The molecule has 6 heteroatoms. The monoisotopic (exact) mass is 239 g/mol. The highest BCUT2D eigenvalue weighted by Gasteiger charge is 2.34. The van der Waals surface area contributed by atoms with Gasteiger partial charge in [0.1, 0.15) is 0 Å². The Labute approximate surface area is 91.9 Å². The zero-order valence-corrected chi connectivity index (χ0v) is 10.9. The quantitative estimate of drug-likeness (QED) is 0.410. The molecule has 0 amide bonds. The first-order valence-electron chi connectivity index (χ1n) is 5.43. The van der Waals surface area contributed by atoms with Gasteiger partial charge in [-0.1, -0.05) is 6.92 Å². The van der Waals surface area contributed by atoms with Crippen molar-refractivity contribution in [3.63, 3.8) is 0 Å². The van der Waals surface area contributed by atoms with E-state index in [4.69, 9.17) is 9.42 Å². The second-order valence-corrected chi connectivity index (χ2v) is 4.75. The van der Waals surface area contributed by atoms with Gasteiger partial charge < -0.3 is 9.79 Å². The fraction of sp³-hybridized carbons (Fsp3) is 1.00. The lowest BCUT2D eigenvalue weighted by Crippen LogP contribution is -2.55. The Morgan fingerprint density at radius 2 is 1.67 bits per heavy atom. The molecule has 5 nitrogen and oxygen atoms in total. The highest BCUT2D eigenvalue weighted by molar-refractivity contribution is 7.44. The van der Waals surface area contributed by atoms with Gasteiger partial charge in [-0.25, -0.2) is 0 Å². The van der Waals surface area contributed by atoms with Gasteiger partial charge >= 0.3 is 0 Å². The minimum atomic E-state index is -4.64. The first-order valence-corrected chi connectivity index (χ1v) is 6.92. The van der Waals surface area contributed by atoms with E-state index in [2.05, 4.69) is 0 Å². The molecule has 1 N–H and O–H groups in total. The van der Waals surface area contributed by atoms with E-state index in [1.807, 2.05) is 27.7 Å². The lowest BCUT2D eigenvalue weighted by molar-refractivity contribution is -0.964. The predicted molar refractivity (Wildman–Crippen MR) is 56.9 cm³/mol. The van der Waals surface area contributed by atoms with Gasteiger partial charge in [-0.2, -0.15) is 0 Å². The number of quaternary nitrogens is 1. The van der Waals surface area contributed by atoms with E-state index < -0.39 is 14.1 Å². The predicted octanol–water partition coefficient (Wildman–Crippen LogP) is 1.08. The number of phosphoric acid groups is 1. The van der Waals surface area contributed by atoms with Crippen molar-refractivity contribution in [1.29, 1.82) is 0 Å². The van der Waals surface area contributed by atoms with Crippen LogP contribution in [-0.4, -0.2) is 35.2 Å². The minimum absolute atomic E-state index is 0.488. The summed E-state index contributed by atoms with van der Waals surface area (Å²) in [6, 6.07) is 0. The molecule has 0 aromatic carbocycles. The molecule has 0 rings (SSSR count). The van der Waals surface area contributed by atoms with Gasteiger partial charge in [-0.15, -0.1) is 0 Å². The molecule has 15 heavy (non-hydrogen) atoms. The van der Waals surface area contributed by atoms with E-state index in [1.165, 1.54) is 0 Å². The smallest absolute Gasteiger partial charge is 0.269 e. The van der Waals surface area contributed by atoms with Gasteiger partial charge in [0.25, 0.3) is 7.82 Å². The summed E-state index contributed by atoms with van der Waals surface area (Å²) in [4.78, 5) is 19.5. The lowest BCUT2D eigenvalue weighted by Gasteiger charge is -2.43. The van der Waals surface area contributed by atoms with E-state index in [1.54, 1.807) is 0 Å². The molecule has 2 atom stereocenters. The zero-order chi connectivity index (χ0) is 12.1. The molecule has 0 bridgehead atoms. The SMILES string of the molecule is CCC(OP(=O)([O-])O)[N+](CC)(CC)CC. The van der Waals surface area contributed by atoms with Crippen molar-refractivity contribution in [1.82, 2.24) is 0 Å². The van der Waals surface area contributed by atoms with Gasteiger partial charge in [0.2, 0.25) is 6.23 Å². The number of nitrogens with zero attached hydrogens (tertiary/aromatic N) is 1. The molecular weight excluding hydrogens is 217 g/mol. The van der Waals surface area contributed by atoms with Gasteiger partial charge in [0.15, 0.2) is 0 Å². The number of rotatable bonds is 7. The number of hydrogen-bond donors (Lipinski definition) is 1. The van der Waals surface area contributed by atoms with Gasteiger partial charge in [0, 0.05) is 6.42 Å². The van der Waals surface area contributed by atoms with E-state index in [0.29, 0.717) is 10.9 Å². The normalized spacial score (nSPS) is 18.5. The Hall–Kier alpha value is 0.0700. The van der Waals surface area contributed by atoms with Crippen LogP contribution in [0.15, 0.2) is 0 Å². The summed E-state index contributed by atoms with van der Waals surface area (Å²) < 4.78 is 16.0. The van der Waals surface area contributed by atoms with E-state index in [0.717, 1.165) is 19.6 Å². The summed E-state index contributed by atoms with van der Waals surface area (Å²) in [7, 11) is -4.64. The molecule has 0 aromatic rings. The molecule has 0 heterocycles. The first-order chi connectivity index (χ1) is 6.85. The Kier molecular flexibility index (Phi) is 5.99. The molecule has 0 saturated carbocycles. The van der Waals surface area contributed by atoms with Crippen molar-refractivity contribution in [2.24, 2.45) is 0 Å². The summed E-state index contributed by atoms with van der Waals surface area (Å²) in [5.74, 6) is 0. The molecule has 0 aliphatic heterocycles. The maximum Gasteiger partial charge on any atom is 0.269 e. The molecule has 92 valence electrons. The van der Waals surface area contributed by atoms with Gasteiger partial charge in [-0.3, -0.25) is 13.6 Å². The summed E-state index contributed by atoms with van der Waals surface area (Å²) >= 11 is 0. The minimum Gasteiger partial charge on any atom is -0.756 e. The molecule has 0 aliphatic carbocycles. The largest absolute Gasteiger partial charge is 0.756 e. The molecule has 0 fully saturated rings. The highest BCUT2D eigenvalue weighted by atomic mass is 31.2. The van der Waals surface area contributed by atoms with Crippen molar-refractivity contribution in [3.8, 4) is 0 Å². The van der Waals surface area contributed by atoms with Crippen molar-refractivity contribution in [2.75, 3.05) is 19.6 Å². The Morgan fingerprint density at radius 1 is 1.27 bits per heavy atom. The number of hydrogen-bond acceptors (Lipinski definition) is 3. The molecular formula is C9H22NO4P. The third-order valence-electron chi connectivity index (χ3n) is 3.10. The second-order valence-electron chi connectivity index (χ2n) is 3.60. The van der Waals surface area contributed by atoms with Crippen LogP contribution in [0.5, 0.6) is 0 Å². The Balaban J connectivity index is 4.82. The van der Waals surface area contributed by atoms with Crippen molar-refractivity contribution in [2.45, 2.75) is 40.3 Å². The van der Waals surface area contributed by atoms with Crippen molar-refractivity contribution in [3.05, 3.63) is 0 Å². The highest BCUT2D eigenvalue weighted by Crippen LogP contribution is 2.36.